The molecule has 0 saturated carbocycles. The third-order valence-corrected chi connectivity index (χ3v) is 3.07. The van der Waals surface area contributed by atoms with Crippen LogP contribution >= 0.6 is 0 Å². The topological polar surface area (TPSA) is 63.6 Å². The van der Waals surface area contributed by atoms with Gasteiger partial charge in [0.05, 0.1) is 5.56 Å². The number of ketones is 2. The monoisotopic (exact) mass is 254 g/mol. The molecule has 2 aromatic rings. The maximum Gasteiger partial charge on any atom is 0.303 e. The van der Waals surface area contributed by atoms with Gasteiger partial charge in [-0.05, 0) is 12.1 Å². The second-order valence-electron chi connectivity index (χ2n) is 4.27. The molecule has 1 N–H and O–H groups in total. The van der Waals surface area contributed by atoms with Crippen LogP contribution in [0, 0.1) is 0 Å². The highest BCUT2D eigenvalue weighted by Gasteiger charge is 2.49. The molecule has 1 heterocycles. The Morgan fingerprint density at radius 3 is 2.26 bits per heavy atom. The summed E-state index contributed by atoms with van der Waals surface area (Å²) >= 11 is 0. The summed E-state index contributed by atoms with van der Waals surface area (Å²) in [5.41, 5.74) is 0.413. The van der Waals surface area contributed by atoms with E-state index in [0.29, 0.717) is 0 Å². The number of hydrogen-bond donors (Lipinski definition) is 1. The fourth-order valence-corrected chi connectivity index (χ4v) is 2.08. The molecule has 0 fully saturated rings. The zero-order chi connectivity index (χ0) is 13.5. The molecule has 1 unspecified atom stereocenters. The fraction of sp³-hybridized carbons (Fsp3) is 0.0667. The van der Waals surface area contributed by atoms with Gasteiger partial charge in [0.2, 0.25) is 5.78 Å². The Labute approximate surface area is 109 Å². The molecule has 1 atom stereocenters. The van der Waals surface area contributed by atoms with E-state index in [1.165, 1.54) is 6.07 Å². The van der Waals surface area contributed by atoms with Crippen molar-refractivity contribution in [3.63, 3.8) is 0 Å². The SMILES string of the molecule is O=C1C(=O)C(O)(c2ccccc2)Oc2ccccc21. The van der Waals surface area contributed by atoms with Crippen molar-refractivity contribution < 1.29 is 19.4 Å². The summed E-state index contributed by atoms with van der Waals surface area (Å²) in [6.07, 6.45) is 0. The minimum atomic E-state index is -2.24. The first-order valence-electron chi connectivity index (χ1n) is 5.78. The summed E-state index contributed by atoms with van der Waals surface area (Å²) in [6, 6.07) is 14.5. The normalized spacial score (nSPS) is 21.7. The highest BCUT2D eigenvalue weighted by Crippen LogP contribution is 2.35. The Bertz CT molecular complexity index is 663. The molecule has 0 aromatic heterocycles. The standard InChI is InChI=1S/C15H10O4/c16-13-11-8-4-5-9-12(11)19-15(18,14(13)17)10-6-2-1-3-7-10/h1-9,18H. The number of hydrogen-bond acceptors (Lipinski definition) is 4. The van der Waals surface area contributed by atoms with Crippen LogP contribution in [0.2, 0.25) is 0 Å². The van der Waals surface area contributed by atoms with Crippen LogP contribution in [0.25, 0.3) is 0 Å². The largest absolute Gasteiger partial charge is 0.450 e. The van der Waals surface area contributed by atoms with E-state index >= 15 is 0 Å². The number of aliphatic hydroxyl groups is 1. The summed E-state index contributed by atoms with van der Waals surface area (Å²) in [4.78, 5) is 24.1. The lowest BCUT2D eigenvalue weighted by molar-refractivity contribution is -0.173. The number of para-hydroxylation sites is 1. The van der Waals surface area contributed by atoms with Gasteiger partial charge in [0.15, 0.2) is 0 Å². The molecular formula is C15H10O4. The summed E-state index contributed by atoms with van der Waals surface area (Å²) in [6.45, 7) is 0. The van der Waals surface area contributed by atoms with Gasteiger partial charge < -0.3 is 9.84 Å². The van der Waals surface area contributed by atoms with Crippen LogP contribution in [-0.4, -0.2) is 16.7 Å². The van der Waals surface area contributed by atoms with Gasteiger partial charge in [0.25, 0.3) is 5.78 Å². The average molecular weight is 254 g/mol. The summed E-state index contributed by atoms with van der Waals surface area (Å²) in [7, 11) is 0. The van der Waals surface area contributed by atoms with Gasteiger partial charge in [0.1, 0.15) is 5.75 Å². The molecule has 0 bridgehead atoms. The zero-order valence-corrected chi connectivity index (χ0v) is 9.87. The molecule has 0 saturated heterocycles. The fourth-order valence-electron chi connectivity index (χ4n) is 2.08. The van der Waals surface area contributed by atoms with Crippen molar-refractivity contribution >= 4 is 11.6 Å². The van der Waals surface area contributed by atoms with Crippen molar-refractivity contribution in [1.29, 1.82) is 0 Å². The Kier molecular flexibility index (Phi) is 2.47. The number of ether oxygens (including phenoxy) is 1. The molecule has 1 aliphatic rings. The van der Waals surface area contributed by atoms with Crippen LogP contribution in [0.5, 0.6) is 5.75 Å². The second-order valence-corrected chi connectivity index (χ2v) is 4.27. The van der Waals surface area contributed by atoms with Crippen LogP contribution in [0.3, 0.4) is 0 Å². The van der Waals surface area contributed by atoms with E-state index in [1.807, 2.05) is 0 Å². The molecule has 1 aliphatic heterocycles. The van der Waals surface area contributed by atoms with Gasteiger partial charge in [-0.15, -0.1) is 0 Å². The first-order valence-corrected chi connectivity index (χ1v) is 5.78. The lowest BCUT2D eigenvalue weighted by Crippen LogP contribution is -2.48. The number of fused-ring (bicyclic) bond motifs is 1. The number of rotatable bonds is 1. The van der Waals surface area contributed by atoms with E-state index in [0.717, 1.165) is 0 Å². The smallest absolute Gasteiger partial charge is 0.303 e. The van der Waals surface area contributed by atoms with Gasteiger partial charge in [-0.1, -0.05) is 42.5 Å². The number of carbonyl (C=O) groups excluding carboxylic acids is 2. The minimum Gasteiger partial charge on any atom is -0.450 e. The van der Waals surface area contributed by atoms with E-state index in [2.05, 4.69) is 0 Å². The third-order valence-electron chi connectivity index (χ3n) is 3.07. The van der Waals surface area contributed by atoms with E-state index < -0.39 is 17.4 Å². The Morgan fingerprint density at radius 1 is 0.895 bits per heavy atom. The molecule has 94 valence electrons. The van der Waals surface area contributed by atoms with Crippen molar-refractivity contribution in [3.8, 4) is 5.75 Å². The molecule has 0 aliphatic carbocycles. The molecule has 4 nitrogen and oxygen atoms in total. The molecule has 2 aromatic carbocycles. The zero-order valence-electron chi connectivity index (χ0n) is 9.87. The molecule has 19 heavy (non-hydrogen) atoms. The summed E-state index contributed by atoms with van der Waals surface area (Å²) in [5.74, 6) is -3.75. The first-order chi connectivity index (χ1) is 9.13. The van der Waals surface area contributed by atoms with Gasteiger partial charge in [-0.2, -0.15) is 0 Å². The first kappa shape index (κ1) is 11.6. The molecule has 0 radical (unpaired) electrons. The van der Waals surface area contributed by atoms with Crippen molar-refractivity contribution in [1.82, 2.24) is 0 Å². The maximum absolute atomic E-state index is 12.1. The predicted molar refractivity (Wildman–Crippen MR) is 66.7 cm³/mol. The third kappa shape index (κ3) is 1.65. The molecule has 4 heteroatoms. The second kappa shape index (κ2) is 4.03. The molecular weight excluding hydrogens is 244 g/mol. The lowest BCUT2D eigenvalue weighted by Gasteiger charge is -2.31. The molecule has 0 amide bonds. The van der Waals surface area contributed by atoms with E-state index in [1.54, 1.807) is 48.5 Å². The van der Waals surface area contributed by atoms with Crippen LogP contribution in [0.1, 0.15) is 15.9 Å². The highest BCUT2D eigenvalue weighted by molar-refractivity contribution is 6.47. The van der Waals surface area contributed by atoms with Crippen LogP contribution in [0.15, 0.2) is 54.6 Å². The van der Waals surface area contributed by atoms with Crippen molar-refractivity contribution in [3.05, 3.63) is 65.7 Å². The minimum absolute atomic E-state index is 0.174. The van der Waals surface area contributed by atoms with Gasteiger partial charge in [-0.25, -0.2) is 0 Å². The van der Waals surface area contributed by atoms with E-state index in [-0.39, 0.29) is 16.9 Å². The van der Waals surface area contributed by atoms with Crippen molar-refractivity contribution in [2.75, 3.05) is 0 Å². The maximum atomic E-state index is 12.1. The number of benzene rings is 2. The summed E-state index contributed by atoms with van der Waals surface area (Å²) in [5, 5.41) is 10.4. The van der Waals surface area contributed by atoms with Crippen LogP contribution in [-0.2, 0) is 10.6 Å². The van der Waals surface area contributed by atoms with Crippen molar-refractivity contribution in [2.24, 2.45) is 0 Å². The van der Waals surface area contributed by atoms with E-state index in [9.17, 15) is 14.7 Å². The Balaban J connectivity index is 2.16. The quantitative estimate of drug-likeness (QED) is 0.786. The average Bonchev–Trinajstić information content (AvgIpc) is 2.46. The van der Waals surface area contributed by atoms with Gasteiger partial charge >= 0.3 is 5.79 Å². The highest BCUT2D eigenvalue weighted by atomic mass is 16.6. The van der Waals surface area contributed by atoms with E-state index in [4.69, 9.17) is 4.74 Å². The predicted octanol–water partition coefficient (Wildman–Crippen LogP) is 1.68. The van der Waals surface area contributed by atoms with Gasteiger partial charge in [-0.3, -0.25) is 9.59 Å². The number of carbonyl (C=O) groups is 2. The molecule has 0 spiro atoms. The van der Waals surface area contributed by atoms with Gasteiger partial charge in [0, 0.05) is 5.56 Å². The summed E-state index contributed by atoms with van der Waals surface area (Å²) < 4.78 is 5.37. The Morgan fingerprint density at radius 2 is 1.53 bits per heavy atom. The molecule has 3 rings (SSSR count). The van der Waals surface area contributed by atoms with Crippen LogP contribution < -0.4 is 4.74 Å². The number of Topliss-reactive ketones (excluding diaryl/α,β-unsaturated/α-hetero) is 2. The van der Waals surface area contributed by atoms with Crippen molar-refractivity contribution in [2.45, 2.75) is 5.79 Å². The van der Waals surface area contributed by atoms with Crippen LogP contribution in [0.4, 0.5) is 0 Å². The Hall–Kier alpha value is -2.46. The lowest BCUT2D eigenvalue weighted by atomic mass is 9.92.